The lowest BCUT2D eigenvalue weighted by Crippen LogP contribution is -2.39. The summed E-state index contributed by atoms with van der Waals surface area (Å²) >= 11 is 5.83. The number of hydrogen-bond acceptors (Lipinski definition) is 2. The molecule has 0 saturated heterocycles. The van der Waals surface area contributed by atoms with E-state index in [1.807, 2.05) is 17.0 Å². The normalized spacial score (nSPS) is 12.2. The maximum absolute atomic E-state index is 11.1. The summed E-state index contributed by atoms with van der Waals surface area (Å²) < 4.78 is 0. The van der Waals surface area contributed by atoms with Gasteiger partial charge in [-0.05, 0) is 37.6 Å². The monoisotopic (exact) mass is 255 g/mol. The van der Waals surface area contributed by atoms with Crippen molar-refractivity contribution in [3.8, 4) is 0 Å². The van der Waals surface area contributed by atoms with Gasteiger partial charge in [-0.1, -0.05) is 24.9 Å². The molecular formula is C13H18ClNO2. The number of halogens is 1. The third kappa shape index (κ3) is 3.93. The van der Waals surface area contributed by atoms with Gasteiger partial charge in [-0.15, -0.1) is 0 Å². The van der Waals surface area contributed by atoms with Gasteiger partial charge in [0.05, 0.1) is 0 Å². The van der Waals surface area contributed by atoms with Crippen LogP contribution >= 0.6 is 11.6 Å². The Kier molecular flexibility index (Phi) is 5.29. The smallest absolute Gasteiger partial charge is 0.326 e. The predicted molar refractivity (Wildman–Crippen MR) is 70.8 cm³/mol. The maximum Gasteiger partial charge on any atom is 0.326 e. The second-order valence-corrected chi connectivity index (χ2v) is 4.47. The van der Waals surface area contributed by atoms with Crippen LogP contribution in [0.3, 0.4) is 0 Å². The fourth-order valence-corrected chi connectivity index (χ4v) is 1.77. The zero-order valence-electron chi connectivity index (χ0n) is 10.2. The summed E-state index contributed by atoms with van der Waals surface area (Å²) in [5.74, 6) is -0.809. The Morgan fingerprint density at radius 2 is 2.00 bits per heavy atom. The third-order valence-corrected chi connectivity index (χ3v) is 2.99. The second-order valence-electron chi connectivity index (χ2n) is 4.04. The Balaban J connectivity index is 2.88. The summed E-state index contributed by atoms with van der Waals surface area (Å²) in [6.07, 6.45) is 2.01. The molecule has 0 aromatic heterocycles. The van der Waals surface area contributed by atoms with Crippen LogP contribution in [0.5, 0.6) is 0 Å². The van der Waals surface area contributed by atoms with Crippen LogP contribution in [0.1, 0.15) is 26.7 Å². The standard InChI is InChI=1S/C13H18ClNO2/c1-3-4-9-15(10(2)13(16)17)12-7-5-11(14)6-8-12/h5-8,10H,3-4,9H2,1-2H3,(H,16,17). The molecule has 0 heterocycles. The first-order valence-electron chi connectivity index (χ1n) is 5.81. The molecule has 0 amide bonds. The van der Waals surface area contributed by atoms with Crippen molar-refractivity contribution in [3.63, 3.8) is 0 Å². The van der Waals surface area contributed by atoms with Gasteiger partial charge in [0.25, 0.3) is 0 Å². The van der Waals surface area contributed by atoms with Crippen molar-refractivity contribution in [1.82, 2.24) is 0 Å². The van der Waals surface area contributed by atoms with Crippen molar-refractivity contribution in [2.24, 2.45) is 0 Å². The van der Waals surface area contributed by atoms with E-state index in [4.69, 9.17) is 16.7 Å². The number of rotatable bonds is 6. The first-order valence-corrected chi connectivity index (χ1v) is 6.19. The third-order valence-electron chi connectivity index (χ3n) is 2.74. The van der Waals surface area contributed by atoms with Crippen LogP contribution in [0.25, 0.3) is 0 Å². The summed E-state index contributed by atoms with van der Waals surface area (Å²) in [6.45, 7) is 4.53. The molecule has 0 aliphatic rings. The second kappa shape index (κ2) is 6.50. The van der Waals surface area contributed by atoms with Crippen molar-refractivity contribution in [3.05, 3.63) is 29.3 Å². The molecule has 3 nitrogen and oxygen atoms in total. The Labute approximate surface area is 107 Å². The lowest BCUT2D eigenvalue weighted by atomic mass is 10.2. The Morgan fingerprint density at radius 1 is 1.41 bits per heavy atom. The molecule has 0 radical (unpaired) electrons. The van der Waals surface area contributed by atoms with E-state index in [2.05, 4.69) is 6.92 Å². The largest absolute Gasteiger partial charge is 0.480 e. The minimum Gasteiger partial charge on any atom is -0.480 e. The van der Waals surface area contributed by atoms with E-state index in [0.29, 0.717) is 5.02 Å². The van der Waals surface area contributed by atoms with E-state index in [1.54, 1.807) is 19.1 Å². The van der Waals surface area contributed by atoms with Crippen LogP contribution in [-0.2, 0) is 4.79 Å². The molecule has 0 aliphatic carbocycles. The minimum absolute atomic E-state index is 0.525. The van der Waals surface area contributed by atoms with Gasteiger partial charge in [-0.3, -0.25) is 0 Å². The number of aliphatic carboxylic acids is 1. The van der Waals surface area contributed by atoms with E-state index in [-0.39, 0.29) is 0 Å². The highest BCUT2D eigenvalue weighted by molar-refractivity contribution is 6.30. The number of unbranched alkanes of at least 4 members (excludes halogenated alkanes) is 1. The number of carboxylic acid groups (broad SMARTS) is 1. The van der Waals surface area contributed by atoms with Crippen LogP contribution in [0, 0.1) is 0 Å². The average molecular weight is 256 g/mol. The lowest BCUT2D eigenvalue weighted by Gasteiger charge is -2.28. The van der Waals surface area contributed by atoms with Crippen LogP contribution in [0.15, 0.2) is 24.3 Å². The lowest BCUT2D eigenvalue weighted by molar-refractivity contribution is -0.138. The highest BCUT2D eigenvalue weighted by atomic mass is 35.5. The summed E-state index contributed by atoms with van der Waals surface area (Å²) in [5, 5.41) is 9.76. The zero-order chi connectivity index (χ0) is 12.8. The number of nitrogens with zero attached hydrogens (tertiary/aromatic N) is 1. The molecule has 4 heteroatoms. The molecule has 1 rings (SSSR count). The average Bonchev–Trinajstić information content (AvgIpc) is 2.31. The number of benzene rings is 1. The van der Waals surface area contributed by atoms with E-state index in [0.717, 1.165) is 25.1 Å². The van der Waals surface area contributed by atoms with Crippen molar-refractivity contribution < 1.29 is 9.90 Å². The molecule has 0 saturated carbocycles. The van der Waals surface area contributed by atoms with E-state index >= 15 is 0 Å². The van der Waals surface area contributed by atoms with Crippen LogP contribution in [-0.4, -0.2) is 23.7 Å². The van der Waals surface area contributed by atoms with Gasteiger partial charge in [-0.2, -0.15) is 0 Å². The highest BCUT2D eigenvalue weighted by Gasteiger charge is 2.20. The van der Waals surface area contributed by atoms with Gasteiger partial charge in [0.2, 0.25) is 0 Å². The molecule has 0 aliphatic heterocycles. The number of carboxylic acids is 1. The Bertz CT molecular complexity index is 364. The first-order chi connectivity index (χ1) is 8.06. The van der Waals surface area contributed by atoms with Gasteiger partial charge >= 0.3 is 5.97 Å². The summed E-state index contributed by atoms with van der Waals surface area (Å²) in [5.41, 5.74) is 0.901. The topological polar surface area (TPSA) is 40.5 Å². The van der Waals surface area contributed by atoms with Crippen molar-refractivity contribution in [2.75, 3.05) is 11.4 Å². The molecule has 1 N–H and O–H groups in total. The Hall–Kier alpha value is -1.22. The molecule has 0 fully saturated rings. The van der Waals surface area contributed by atoms with Crippen LogP contribution < -0.4 is 4.90 Å². The molecule has 1 aromatic rings. The molecule has 17 heavy (non-hydrogen) atoms. The van der Waals surface area contributed by atoms with Crippen molar-refractivity contribution >= 4 is 23.3 Å². The van der Waals surface area contributed by atoms with Gasteiger partial charge in [0.15, 0.2) is 0 Å². The SMILES string of the molecule is CCCCN(c1ccc(Cl)cc1)C(C)C(=O)O. The van der Waals surface area contributed by atoms with Gasteiger partial charge in [0.1, 0.15) is 6.04 Å². The van der Waals surface area contributed by atoms with Gasteiger partial charge < -0.3 is 10.0 Å². The van der Waals surface area contributed by atoms with Crippen LogP contribution in [0.4, 0.5) is 5.69 Å². The van der Waals surface area contributed by atoms with E-state index in [9.17, 15) is 4.79 Å². The number of hydrogen-bond donors (Lipinski definition) is 1. The molecule has 1 unspecified atom stereocenters. The summed E-state index contributed by atoms with van der Waals surface area (Å²) in [7, 11) is 0. The van der Waals surface area contributed by atoms with Crippen LogP contribution in [0.2, 0.25) is 5.02 Å². The summed E-state index contributed by atoms with van der Waals surface area (Å²) in [6, 6.07) is 6.76. The number of anilines is 1. The van der Waals surface area contributed by atoms with E-state index in [1.165, 1.54) is 0 Å². The zero-order valence-corrected chi connectivity index (χ0v) is 10.9. The molecule has 1 aromatic carbocycles. The highest BCUT2D eigenvalue weighted by Crippen LogP contribution is 2.20. The fraction of sp³-hybridized carbons (Fsp3) is 0.462. The van der Waals surface area contributed by atoms with Crippen molar-refractivity contribution in [1.29, 1.82) is 0 Å². The molecular weight excluding hydrogens is 238 g/mol. The quantitative estimate of drug-likeness (QED) is 0.847. The maximum atomic E-state index is 11.1. The number of carbonyl (C=O) groups is 1. The van der Waals surface area contributed by atoms with Gasteiger partial charge in [-0.25, -0.2) is 4.79 Å². The molecule has 0 spiro atoms. The first kappa shape index (κ1) is 13.8. The molecule has 1 atom stereocenters. The Morgan fingerprint density at radius 3 is 2.47 bits per heavy atom. The van der Waals surface area contributed by atoms with E-state index < -0.39 is 12.0 Å². The minimum atomic E-state index is -0.809. The van der Waals surface area contributed by atoms with Crippen molar-refractivity contribution in [2.45, 2.75) is 32.7 Å². The fourth-order valence-electron chi connectivity index (χ4n) is 1.64. The van der Waals surface area contributed by atoms with Gasteiger partial charge in [0, 0.05) is 17.3 Å². The summed E-state index contributed by atoms with van der Waals surface area (Å²) in [4.78, 5) is 13.0. The molecule has 0 bridgehead atoms. The predicted octanol–water partition coefficient (Wildman–Crippen LogP) is 3.42. The molecule has 94 valence electrons.